The predicted octanol–water partition coefficient (Wildman–Crippen LogP) is 6.04. The van der Waals surface area contributed by atoms with Crippen molar-refractivity contribution in [2.45, 2.75) is 39.3 Å². The quantitative estimate of drug-likeness (QED) is 0.409. The van der Waals surface area contributed by atoms with Gasteiger partial charge in [-0.1, -0.05) is 35.9 Å². The van der Waals surface area contributed by atoms with E-state index in [1.807, 2.05) is 24.4 Å². The number of benzene rings is 2. The zero-order valence-electron chi connectivity index (χ0n) is 18.7. The highest BCUT2D eigenvalue weighted by atomic mass is 15.1. The van der Waals surface area contributed by atoms with Crippen molar-refractivity contribution in [2.24, 2.45) is 4.99 Å². The van der Waals surface area contributed by atoms with Gasteiger partial charge in [0, 0.05) is 12.2 Å². The molecule has 160 valence electrons. The molecule has 2 heterocycles. The molecule has 1 aliphatic heterocycles. The van der Waals surface area contributed by atoms with Crippen molar-refractivity contribution in [2.75, 3.05) is 5.32 Å². The minimum atomic E-state index is 0.170. The Kier molecular flexibility index (Phi) is 5.31. The van der Waals surface area contributed by atoms with Gasteiger partial charge in [-0.2, -0.15) is 0 Å². The second kappa shape index (κ2) is 8.42. The zero-order chi connectivity index (χ0) is 22.1. The van der Waals surface area contributed by atoms with Crippen LogP contribution in [0.3, 0.4) is 0 Å². The molecule has 0 fully saturated rings. The molecule has 5 nitrogen and oxygen atoms in total. The maximum Gasteiger partial charge on any atom is 0.0897 e. The molecule has 2 aromatic rings. The van der Waals surface area contributed by atoms with Gasteiger partial charge < -0.3 is 9.88 Å². The van der Waals surface area contributed by atoms with Crippen molar-refractivity contribution in [3.63, 3.8) is 0 Å². The maximum absolute atomic E-state index is 5.01. The van der Waals surface area contributed by atoms with Crippen LogP contribution < -0.4 is 10.7 Å². The Balaban J connectivity index is 1.77. The van der Waals surface area contributed by atoms with Gasteiger partial charge in [0.15, 0.2) is 0 Å². The lowest BCUT2D eigenvalue weighted by Gasteiger charge is -2.26. The van der Waals surface area contributed by atoms with E-state index in [-0.39, 0.29) is 12.1 Å². The number of para-hydroxylation sites is 2. The van der Waals surface area contributed by atoms with Gasteiger partial charge in [-0.3, -0.25) is 9.98 Å². The Morgan fingerprint density at radius 2 is 2.00 bits per heavy atom. The summed E-state index contributed by atoms with van der Waals surface area (Å²) in [5.41, 5.74) is 7.31. The number of hydrogen-bond acceptors (Lipinski definition) is 4. The average molecular weight is 422 g/mol. The molecule has 0 saturated heterocycles. The molecule has 2 aliphatic carbocycles. The largest absolute Gasteiger partial charge is 0.352 e. The zero-order valence-corrected chi connectivity index (χ0v) is 18.7. The molecule has 32 heavy (non-hydrogen) atoms. The summed E-state index contributed by atoms with van der Waals surface area (Å²) < 4.78 is 2.41. The van der Waals surface area contributed by atoms with Crippen molar-refractivity contribution < 1.29 is 0 Å². The Hall–Kier alpha value is -3.73. The van der Waals surface area contributed by atoms with Crippen LogP contribution in [0.2, 0.25) is 0 Å². The van der Waals surface area contributed by atoms with Crippen molar-refractivity contribution >= 4 is 22.4 Å². The Morgan fingerprint density at radius 3 is 2.75 bits per heavy atom. The number of anilines is 2. The first-order valence-electron chi connectivity index (χ1n) is 11.1. The number of aromatic nitrogens is 3. The number of nitrogens with one attached hydrogen (secondary N) is 1. The van der Waals surface area contributed by atoms with Gasteiger partial charge in [0.25, 0.3) is 0 Å². The summed E-state index contributed by atoms with van der Waals surface area (Å²) in [5.74, 6) is 0. The van der Waals surface area contributed by atoms with Crippen LogP contribution in [0.4, 0.5) is 11.4 Å². The van der Waals surface area contributed by atoms with Gasteiger partial charge in [-0.15, -0.1) is 0 Å². The van der Waals surface area contributed by atoms with Crippen molar-refractivity contribution in [1.82, 2.24) is 14.5 Å². The third-order valence-electron chi connectivity index (χ3n) is 5.67. The second-order valence-corrected chi connectivity index (χ2v) is 8.53. The smallest absolute Gasteiger partial charge is 0.0897 e. The lowest BCUT2D eigenvalue weighted by molar-refractivity contribution is 0.624. The lowest BCUT2D eigenvalue weighted by Crippen LogP contribution is -2.19. The van der Waals surface area contributed by atoms with E-state index in [1.54, 1.807) is 6.20 Å². The fraction of sp³-hybridized carbons (Fsp3) is 0.222. The Morgan fingerprint density at radius 1 is 1.12 bits per heavy atom. The summed E-state index contributed by atoms with van der Waals surface area (Å²) in [6.45, 7) is 6.35. The monoisotopic (exact) mass is 421 g/mol. The second-order valence-electron chi connectivity index (χ2n) is 8.53. The van der Waals surface area contributed by atoms with Crippen molar-refractivity contribution in [3.05, 3.63) is 90.1 Å². The fourth-order valence-corrected chi connectivity index (χ4v) is 4.21. The number of hydrogen-bond donors (Lipinski definition) is 1. The average Bonchev–Trinajstić information content (AvgIpc) is 2.79. The molecular weight excluding hydrogens is 394 g/mol. The lowest BCUT2D eigenvalue weighted by atomic mass is 10.0. The van der Waals surface area contributed by atoms with Crippen LogP contribution >= 0.6 is 0 Å². The number of pyridine rings is 1. The third kappa shape index (κ3) is 3.94. The standard InChI is InChI=1S/C27H27N5/c1-18(2)29-24-16-27-25(15-23(24)30-20-7-6-14-28-17-20)31-22-8-4-5-9-26(22)32(27)21-12-10-19(3)11-13-21/h4-12,14-18,21,30H,13H2,1-3H3/b29-24+. The molecular formula is C27H27N5. The van der Waals surface area contributed by atoms with E-state index >= 15 is 0 Å². The maximum atomic E-state index is 5.01. The molecule has 1 N–H and O–H groups in total. The Labute approximate surface area is 188 Å². The molecule has 0 amide bonds. The van der Waals surface area contributed by atoms with Gasteiger partial charge in [0.2, 0.25) is 0 Å². The van der Waals surface area contributed by atoms with E-state index in [2.05, 4.69) is 84.2 Å². The molecule has 0 saturated carbocycles. The van der Waals surface area contributed by atoms with Crippen LogP contribution in [0.5, 0.6) is 0 Å². The number of allylic oxidation sites excluding steroid dienone is 4. The Bertz CT molecular complexity index is 1360. The molecule has 1 aromatic carbocycles. The molecule has 0 bridgehead atoms. The molecule has 1 aromatic heterocycles. The summed E-state index contributed by atoms with van der Waals surface area (Å²) in [7, 11) is 0. The molecule has 3 aliphatic rings. The van der Waals surface area contributed by atoms with Gasteiger partial charge >= 0.3 is 0 Å². The first-order chi connectivity index (χ1) is 15.6. The molecule has 0 spiro atoms. The van der Waals surface area contributed by atoms with Gasteiger partial charge in [0.1, 0.15) is 0 Å². The number of fused-ring (bicyclic) bond motifs is 2. The highest BCUT2D eigenvalue weighted by molar-refractivity contribution is 5.82. The first kappa shape index (κ1) is 20.2. The number of nitrogens with zero attached hydrogens (tertiary/aromatic N) is 4. The van der Waals surface area contributed by atoms with Crippen LogP contribution in [0.25, 0.3) is 22.4 Å². The fourth-order valence-electron chi connectivity index (χ4n) is 4.21. The van der Waals surface area contributed by atoms with Crippen LogP contribution in [0.15, 0.2) is 89.7 Å². The van der Waals surface area contributed by atoms with Crippen LogP contribution in [0, 0.1) is 0 Å². The SMILES string of the molecule is CC1=CCC(n2c3c/c(=N\C(C)C)c(Nc4cccnc4)cc-3nc3ccccc32)C=C1. The molecule has 1 unspecified atom stereocenters. The molecule has 1 atom stereocenters. The summed E-state index contributed by atoms with van der Waals surface area (Å²) in [4.78, 5) is 14.2. The highest BCUT2D eigenvalue weighted by Crippen LogP contribution is 2.33. The predicted molar refractivity (Wildman–Crippen MR) is 131 cm³/mol. The van der Waals surface area contributed by atoms with Gasteiger partial charge in [-0.25, -0.2) is 4.98 Å². The highest BCUT2D eigenvalue weighted by Gasteiger charge is 2.20. The van der Waals surface area contributed by atoms with E-state index in [1.165, 1.54) is 5.57 Å². The first-order valence-corrected chi connectivity index (χ1v) is 11.1. The molecule has 5 heteroatoms. The summed E-state index contributed by atoms with van der Waals surface area (Å²) in [6.07, 6.45) is 11.4. The summed E-state index contributed by atoms with van der Waals surface area (Å²) >= 11 is 0. The van der Waals surface area contributed by atoms with Gasteiger partial charge in [0.05, 0.1) is 51.4 Å². The van der Waals surface area contributed by atoms with Crippen LogP contribution in [0.1, 0.15) is 33.2 Å². The minimum absolute atomic E-state index is 0.170. The summed E-state index contributed by atoms with van der Waals surface area (Å²) in [5, 5.41) is 4.42. The van der Waals surface area contributed by atoms with E-state index in [0.717, 1.165) is 45.6 Å². The topological polar surface area (TPSA) is 55.1 Å². The minimum Gasteiger partial charge on any atom is -0.352 e. The van der Waals surface area contributed by atoms with Crippen LogP contribution in [-0.2, 0) is 0 Å². The van der Waals surface area contributed by atoms with E-state index in [9.17, 15) is 0 Å². The van der Waals surface area contributed by atoms with Crippen molar-refractivity contribution in [1.29, 1.82) is 0 Å². The number of rotatable bonds is 4. The van der Waals surface area contributed by atoms with Crippen molar-refractivity contribution in [3.8, 4) is 11.4 Å². The van der Waals surface area contributed by atoms with E-state index in [4.69, 9.17) is 9.98 Å². The molecule has 0 radical (unpaired) electrons. The normalized spacial score (nSPS) is 16.7. The van der Waals surface area contributed by atoms with E-state index in [0.29, 0.717) is 0 Å². The summed E-state index contributed by atoms with van der Waals surface area (Å²) in [6, 6.07) is 17.0. The molecule has 5 rings (SSSR count). The third-order valence-corrected chi connectivity index (χ3v) is 5.67. The van der Waals surface area contributed by atoms with Gasteiger partial charge in [-0.05, 0) is 63.6 Å². The van der Waals surface area contributed by atoms with E-state index < -0.39 is 0 Å². The van der Waals surface area contributed by atoms with Crippen LogP contribution in [-0.4, -0.2) is 20.6 Å².